The molecule has 0 amide bonds. The Morgan fingerprint density at radius 3 is 0.474 bits per heavy atom. The first-order chi connectivity index (χ1) is 8.00. The zero-order chi connectivity index (χ0) is 17.5. The second kappa shape index (κ2) is 17.3. The number of hydrogen-bond donors (Lipinski definition) is 0. The molecular formula is F2Hf2O12S3. The summed E-state index contributed by atoms with van der Waals surface area (Å²) in [7, 11) is -15.5. The van der Waals surface area contributed by atoms with Gasteiger partial charge in [0, 0.05) is 31.2 Å². The van der Waals surface area contributed by atoms with E-state index in [1.807, 2.05) is 0 Å². The molecule has 0 radical (unpaired) electrons. The Kier molecular flexibility index (Phi) is 29.3. The minimum absolute atomic E-state index is 0.194. The van der Waals surface area contributed by atoms with E-state index in [1.165, 1.54) is 0 Å². The van der Waals surface area contributed by atoms with Crippen molar-refractivity contribution in [1.29, 1.82) is 0 Å². The van der Waals surface area contributed by atoms with Crippen LogP contribution in [-0.4, -0.2) is 52.6 Å². The molecule has 0 N–H and O–H groups in total. The van der Waals surface area contributed by atoms with Gasteiger partial charge in [0.1, 0.15) is 0 Å². The van der Waals surface area contributed by atoms with Crippen molar-refractivity contribution in [3.63, 3.8) is 0 Å². The first-order valence-electron chi connectivity index (χ1n) is 2.38. The average Bonchev–Trinajstić information content (AvgIpc) is 2.01. The maximum absolute atomic E-state index is 9.64. The Morgan fingerprint density at radius 2 is 0.474 bits per heavy atom. The third kappa shape index (κ3) is 3880. The summed E-state index contributed by atoms with van der Waals surface area (Å²) >= 11 is -0.389. The minimum atomic E-state index is -5.17. The fourth-order valence-electron chi connectivity index (χ4n) is 0. The molecular weight excluding hydrogens is 683 g/mol. The first-order valence-corrected chi connectivity index (χ1v) is 9.09. The van der Waals surface area contributed by atoms with Crippen LogP contribution in [0.25, 0.3) is 0 Å². The van der Waals surface area contributed by atoms with Crippen molar-refractivity contribution >= 4 is 31.2 Å². The summed E-state index contributed by atoms with van der Waals surface area (Å²) in [5.41, 5.74) is 0. The molecule has 0 aliphatic rings. The van der Waals surface area contributed by atoms with Crippen LogP contribution in [0, 0.1) is 0 Å². The summed E-state index contributed by atoms with van der Waals surface area (Å²) in [5, 5.41) is 0. The van der Waals surface area contributed by atoms with Crippen LogP contribution in [0.2, 0.25) is 0 Å². The van der Waals surface area contributed by atoms with E-state index in [2.05, 4.69) is 0 Å². The molecule has 0 spiro atoms. The second-order valence-corrected chi connectivity index (χ2v) is 3.67. The van der Waals surface area contributed by atoms with E-state index in [1.54, 1.807) is 0 Å². The van der Waals surface area contributed by atoms with Crippen LogP contribution in [0.3, 0.4) is 0 Å². The molecule has 0 rings (SSSR count). The van der Waals surface area contributed by atoms with Gasteiger partial charge in [-0.1, -0.05) is 0 Å². The van der Waals surface area contributed by atoms with Crippen LogP contribution in [0.1, 0.15) is 0 Å². The van der Waals surface area contributed by atoms with Crippen LogP contribution in [0.5, 0.6) is 0 Å². The van der Waals surface area contributed by atoms with Gasteiger partial charge < -0.3 is 27.3 Å². The number of halogens is 2. The Balaban J connectivity index is -0.0000000455. The van der Waals surface area contributed by atoms with Crippen molar-refractivity contribution in [3.05, 3.63) is 0 Å². The zero-order valence-electron chi connectivity index (χ0n) is 7.88. The van der Waals surface area contributed by atoms with Crippen molar-refractivity contribution in [2.24, 2.45) is 0 Å². The summed E-state index contributed by atoms with van der Waals surface area (Å²) in [6.45, 7) is 0. The molecule has 0 aromatic heterocycles. The van der Waals surface area contributed by atoms with Crippen LogP contribution in [-0.2, 0) is 81.2 Å². The monoisotopic (exact) mass is 686 g/mol. The van der Waals surface area contributed by atoms with E-state index in [9.17, 15) is 5.33 Å². The van der Waals surface area contributed by atoms with Crippen molar-refractivity contribution in [2.45, 2.75) is 0 Å². The molecule has 0 aromatic rings. The van der Waals surface area contributed by atoms with Gasteiger partial charge in [-0.25, -0.2) is 0 Å². The molecule has 0 saturated heterocycles. The van der Waals surface area contributed by atoms with Gasteiger partial charge >= 0.3 is 55.3 Å². The Bertz CT molecular complexity index is 350. The van der Waals surface area contributed by atoms with Crippen molar-refractivity contribution < 1.29 is 108 Å². The van der Waals surface area contributed by atoms with E-state index in [0.29, 0.717) is 0 Å². The van der Waals surface area contributed by atoms with Gasteiger partial charge in [-0.2, -0.15) is 0 Å². The fourth-order valence-corrected chi connectivity index (χ4v) is 0. The molecule has 0 aromatic carbocycles. The molecule has 0 aliphatic carbocycles. The van der Waals surface area contributed by atoms with E-state index in [4.69, 9.17) is 52.6 Å². The predicted molar refractivity (Wildman–Crippen MR) is 33.6 cm³/mol. The van der Waals surface area contributed by atoms with Gasteiger partial charge in [0.2, 0.25) is 0 Å². The third-order valence-corrected chi connectivity index (χ3v) is 0. The van der Waals surface area contributed by atoms with Gasteiger partial charge in [-0.15, -0.1) is 0 Å². The first kappa shape index (κ1) is 32.2. The van der Waals surface area contributed by atoms with Gasteiger partial charge in [-0.3, -0.25) is 25.3 Å². The van der Waals surface area contributed by atoms with Crippen LogP contribution in [0.4, 0.5) is 5.33 Å². The average molecular weight is 683 g/mol. The zero-order valence-corrected chi connectivity index (χ0v) is 17.5. The molecule has 0 saturated carbocycles. The number of hydrogen-bond acceptors (Lipinski definition) is 12. The van der Waals surface area contributed by atoms with E-state index < -0.39 is 31.2 Å². The summed E-state index contributed by atoms with van der Waals surface area (Å²) in [4.78, 5) is 0. The van der Waals surface area contributed by atoms with Crippen molar-refractivity contribution in [2.75, 3.05) is 0 Å². The molecule has 0 fully saturated rings. The third-order valence-electron chi connectivity index (χ3n) is 0. The molecule has 0 bridgehead atoms. The Hall–Kier alpha value is 1.21. The van der Waals surface area contributed by atoms with E-state index in [-0.39, 0.29) is 50.0 Å². The van der Waals surface area contributed by atoms with E-state index in [0.717, 1.165) is 0 Å². The van der Waals surface area contributed by atoms with Crippen LogP contribution < -0.4 is 0 Å². The van der Waals surface area contributed by atoms with Crippen molar-refractivity contribution in [1.82, 2.24) is 0 Å². The molecule has 112 valence electrons. The Labute approximate surface area is 138 Å². The molecule has 0 unspecified atom stereocenters. The van der Waals surface area contributed by atoms with E-state index >= 15 is 0 Å². The molecule has 12 nitrogen and oxygen atoms in total. The normalized spacial score (nSPS) is 9.89. The molecule has 0 atom stereocenters. The quantitative estimate of drug-likeness (QED) is 0.140. The SMILES string of the molecule is O=S(=O)([O-])[O-].O=S(=O)([O-])[O-].O=S(=O)([O-])[O-].[F][Hf+3].[F][Hf+3]. The standard InChI is InChI=1S/2FH.2Hf.3H2O4S/c;;;;3*1-5(2,3)4/h2*1H;;;3*(H2,1,2,3,4)/q;;2*+4;;;/p-8. The number of rotatable bonds is 0. The summed E-state index contributed by atoms with van der Waals surface area (Å²) in [6, 6.07) is 0. The summed E-state index contributed by atoms with van der Waals surface area (Å²) in [5.74, 6) is 0. The van der Waals surface area contributed by atoms with Gasteiger partial charge in [0.25, 0.3) is 0 Å². The molecule has 0 heterocycles. The fraction of sp³-hybridized carbons (Fsp3) is 0. The van der Waals surface area contributed by atoms with Gasteiger partial charge in [0.05, 0.1) is 0 Å². The van der Waals surface area contributed by atoms with Crippen LogP contribution in [0.15, 0.2) is 0 Å². The second-order valence-electron chi connectivity index (χ2n) is 1.22. The topological polar surface area (TPSA) is 241 Å². The van der Waals surface area contributed by atoms with Gasteiger partial charge in [-0.05, 0) is 0 Å². The van der Waals surface area contributed by atoms with Gasteiger partial charge in [0.15, 0.2) is 0 Å². The molecule has 0 aliphatic heterocycles. The maximum atomic E-state index is 9.64. The Morgan fingerprint density at radius 1 is 0.474 bits per heavy atom. The predicted octanol–water partition coefficient (Wildman–Crippen LogP) is -3.18. The van der Waals surface area contributed by atoms with Crippen molar-refractivity contribution in [3.8, 4) is 0 Å². The molecule has 19 heteroatoms. The summed E-state index contributed by atoms with van der Waals surface area (Å²) in [6.07, 6.45) is 0. The van der Waals surface area contributed by atoms with Crippen LogP contribution >= 0.6 is 0 Å². The molecule has 19 heavy (non-hydrogen) atoms. The summed E-state index contributed by atoms with van der Waals surface area (Å²) < 4.78 is 122.